The van der Waals surface area contributed by atoms with Crippen molar-refractivity contribution >= 4 is 30.6 Å². The third-order valence-electron chi connectivity index (χ3n) is 7.30. The number of pyridine rings is 1. The van der Waals surface area contributed by atoms with Gasteiger partial charge in [-0.1, -0.05) is 20.8 Å². The zero-order valence-electron chi connectivity index (χ0n) is 23.5. The van der Waals surface area contributed by atoms with E-state index in [1.54, 1.807) is 47.6 Å². The summed E-state index contributed by atoms with van der Waals surface area (Å²) in [5.41, 5.74) is 1.74. The summed E-state index contributed by atoms with van der Waals surface area (Å²) in [7, 11) is 0.870. The maximum atomic E-state index is 15.7. The van der Waals surface area contributed by atoms with Gasteiger partial charge < -0.3 is 18.8 Å². The summed E-state index contributed by atoms with van der Waals surface area (Å²) < 4.78 is 34.3. The second-order valence-corrected chi connectivity index (χ2v) is 15.6. The van der Waals surface area contributed by atoms with Crippen molar-refractivity contribution in [2.24, 2.45) is 0 Å². The number of nitrogens with zero attached hydrogens (tertiary/aromatic N) is 4. The first kappa shape index (κ1) is 28.3. The van der Waals surface area contributed by atoms with Gasteiger partial charge in [0.1, 0.15) is 12.1 Å². The van der Waals surface area contributed by atoms with Gasteiger partial charge >= 0.3 is 0 Å². The largest absolute Gasteiger partial charge is 0.497 e. The van der Waals surface area contributed by atoms with Crippen LogP contribution in [0, 0.1) is 5.82 Å². The number of hydrogen-bond donors (Lipinski definition) is 0. The van der Waals surface area contributed by atoms with E-state index in [-0.39, 0.29) is 22.0 Å². The van der Waals surface area contributed by atoms with Crippen LogP contribution in [0.5, 0.6) is 11.5 Å². The Morgan fingerprint density at radius 1 is 1.08 bits per heavy atom. The van der Waals surface area contributed by atoms with E-state index in [1.165, 1.54) is 31.2 Å². The highest BCUT2D eigenvalue weighted by atomic mass is 28.4. The molecule has 8 nitrogen and oxygen atoms in total. The van der Waals surface area contributed by atoms with Gasteiger partial charge in [-0.3, -0.25) is 14.3 Å². The first-order valence-corrected chi connectivity index (χ1v) is 15.6. The SMILES string of the molecule is COc1cc(OC)c(F)c(N(CCO[Si](C)(C)C(C)(C)C)c2ccc3ncn(-c4cccnc4)c(=O)c3c2)c1. The standard InChI is InChI=1S/C29H35FN4O4Si/c1-29(2,3)39(6,7)38-14-13-33(25-16-22(36-4)17-26(37-5)27(25)30)20-10-11-24-23(15-20)28(35)34(19-32-24)21-9-8-12-31-18-21/h8-12,15-19H,13-14H2,1-7H3. The number of aromatic nitrogens is 3. The number of ether oxygens (including phenoxy) is 2. The third-order valence-corrected chi connectivity index (χ3v) is 11.8. The highest BCUT2D eigenvalue weighted by Crippen LogP contribution is 2.39. The van der Waals surface area contributed by atoms with Crippen LogP contribution >= 0.6 is 0 Å². The van der Waals surface area contributed by atoms with Gasteiger partial charge in [0, 0.05) is 30.6 Å². The van der Waals surface area contributed by atoms with Crippen LogP contribution in [0.4, 0.5) is 15.8 Å². The number of benzene rings is 2. The quantitative estimate of drug-likeness (QED) is 0.233. The molecule has 4 rings (SSSR count). The molecule has 0 atom stereocenters. The van der Waals surface area contributed by atoms with E-state index in [1.807, 2.05) is 6.07 Å². The Balaban J connectivity index is 1.83. The fourth-order valence-electron chi connectivity index (χ4n) is 3.98. The van der Waals surface area contributed by atoms with Gasteiger partial charge in [0.05, 0.1) is 49.3 Å². The van der Waals surface area contributed by atoms with Gasteiger partial charge in [0.25, 0.3) is 5.56 Å². The van der Waals surface area contributed by atoms with Crippen LogP contribution in [0.1, 0.15) is 20.8 Å². The molecule has 0 bridgehead atoms. The minimum atomic E-state index is -2.06. The number of rotatable bonds is 9. The molecule has 0 radical (unpaired) electrons. The first-order chi connectivity index (χ1) is 18.5. The number of hydrogen-bond acceptors (Lipinski definition) is 7. The molecule has 4 aromatic rings. The molecule has 0 unspecified atom stereocenters. The summed E-state index contributed by atoms with van der Waals surface area (Å²) in [6, 6.07) is 12.0. The fourth-order valence-corrected chi connectivity index (χ4v) is 5.01. The topological polar surface area (TPSA) is 78.7 Å². The molecule has 0 saturated heterocycles. The molecular formula is C29H35FN4O4Si. The molecule has 0 aliphatic rings. The van der Waals surface area contributed by atoms with E-state index >= 15 is 4.39 Å². The lowest BCUT2D eigenvalue weighted by Crippen LogP contribution is -2.42. The van der Waals surface area contributed by atoms with Gasteiger partial charge in [-0.25, -0.2) is 9.37 Å². The van der Waals surface area contributed by atoms with Crippen LogP contribution in [0.25, 0.3) is 16.6 Å². The average molecular weight is 551 g/mol. The Bertz CT molecular complexity index is 1520. The van der Waals surface area contributed by atoms with E-state index in [4.69, 9.17) is 13.9 Å². The molecule has 0 aliphatic heterocycles. The highest BCUT2D eigenvalue weighted by molar-refractivity contribution is 6.74. The van der Waals surface area contributed by atoms with Crippen LogP contribution in [-0.2, 0) is 4.43 Å². The van der Waals surface area contributed by atoms with Crippen LogP contribution < -0.4 is 19.9 Å². The van der Waals surface area contributed by atoms with E-state index in [0.717, 1.165) is 0 Å². The zero-order chi connectivity index (χ0) is 28.4. The lowest BCUT2D eigenvalue weighted by atomic mass is 10.1. The molecule has 0 fully saturated rings. The molecule has 0 spiro atoms. The van der Waals surface area contributed by atoms with Crippen molar-refractivity contribution in [1.82, 2.24) is 14.5 Å². The Morgan fingerprint density at radius 3 is 2.49 bits per heavy atom. The molecular weight excluding hydrogens is 515 g/mol. The first-order valence-electron chi connectivity index (χ1n) is 12.7. The van der Waals surface area contributed by atoms with E-state index < -0.39 is 14.1 Å². The van der Waals surface area contributed by atoms with Gasteiger partial charge in [0.15, 0.2) is 19.9 Å². The number of halogens is 1. The molecule has 2 heterocycles. The lowest BCUT2D eigenvalue weighted by molar-refractivity contribution is 0.296. The number of fused-ring (bicyclic) bond motifs is 1. The van der Waals surface area contributed by atoms with Crippen molar-refractivity contribution < 1.29 is 18.3 Å². The van der Waals surface area contributed by atoms with E-state index in [2.05, 4.69) is 43.8 Å². The zero-order valence-corrected chi connectivity index (χ0v) is 24.5. The van der Waals surface area contributed by atoms with Gasteiger partial charge in [0.2, 0.25) is 0 Å². The summed E-state index contributed by atoms with van der Waals surface area (Å²) in [4.78, 5) is 23.9. The maximum Gasteiger partial charge on any atom is 0.265 e. The Hall–Kier alpha value is -3.76. The van der Waals surface area contributed by atoms with Crippen molar-refractivity contribution in [1.29, 1.82) is 0 Å². The van der Waals surface area contributed by atoms with Crippen LogP contribution in [0.2, 0.25) is 18.1 Å². The summed E-state index contributed by atoms with van der Waals surface area (Å²) >= 11 is 0. The monoisotopic (exact) mass is 550 g/mol. The molecule has 0 amide bonds. The summed E-state index contributed by atoms with van der Waals surface area (Å²) in [6.45, 7) is 11.6. The van der Waals surface area contributed by atoms with Crippen molar-refractivity contribution in [2.75, 3.05) is 32.3 Å². The van der Waals surface area contributed by atoms with E-state index in [9.17, 15) is 4.79 Å². The molecule has 2 aromatic carbocycles. The molecule has 0 N–H and O–H groups in total. The Morgan fingerprint density at radius 2 is 1.85 bits per heavy atom. The third kappa shape index (κ3) is 5.81. The molecule has 206 valence electrons. The summed E-state index contributed by atoms with van der Waals surface area (Å²) in [5, 5.41) is 0.415. The molecule has 0 aliphatic carbocycles. The van der Waals surface area contributed by atoms with Crippen LogP contribution in [0.15, 0.2) is 66.0 Å². The second kappa shape index (κ2) is 11.2. The van der Waals surface area contributed by atoms with Crippen molar-refractivity contribution in [3.63, 3.8) is 0 Å². The van der Waals surface area contributed by atoms with Gasteiger partial charge in [-0.2, -0.15) is 0 Å². The predicted octanol–water partition coefficient (Wildman–Crippen LogP) is 6.10. The normalized spacial score (nSPS) is 12.0. The number of methoxy groups -OCH3 is 2. The van der Waals surface area contributed by atoms with E-state index in [0.29, 0.717) is 41.2 Å². The highest BCUT2D eigenvalue weighted by Gasteiger charge is 2.37. The average Bonchev–Trinajstić information content (AvgIpc) is 2.91. The molecule has 39 heavy (non-hydrogen) atoms. The van der Waals surface area contributed by atoms with Gasteiger partial charge in [-0.15, -0.1) is 0 Å². The van der Waals surface area contributed by atoms with Crippen LogP contribution in [-0.4, -0.2) is 50.2 Å². The van der Waals surface area contributed by atoms with Crippen molar-refractivity contribution in [3.05, 3.63) is 77.4 Å². The maximum absolute atomic E-state index is 15.7. The van der Waals surface area contributed by atoms with Crippen molar-refractivity contribution in [3.8, 4) is 17.2 Å². The summed E-state index contributed by atoms with van der Waals surface area (Å²) in [6.07, 6.45) is 4.72. The number of anilines is 2. The summed E-state index contributed by atoms with van der Waals surface area (Å²) in [5.74, 6) is -0.0364. The Labute approximate surface area is 229 Å². The molecule has 0 saturated carbocycles. The lowest BCUT2D eigenvalue weighted by Gasteiger charge is -2.37. The molecule has 10 heteroatoms. The predicted molar refractivity (Wildman–Crippen MR) is 155 cm³/mol. The Kier molecular flexibility index (Phi) is 8.08. The fraction of sp³-hybridized carbons (Fsp3) is 0.345. The van der Waals surface area contributed by atoms with Crippen LogP contribution in [0.3, 0.4) is 0 Å². The minimum absolute atomic E-state index is 0.0221. The second-order valence-electron chi connectivity index (χ2n) is 10.8. The van der Waals surface area contributed by atoms with Crippen molar-refractivity contribution in [2.45, 2.75) is 38.9 Å². The van der Waals surface area contributed by atoms with Gasteiger partial charge in [-0.05, 0) is 48.5 Å². The smallest absolute Gasteiger partial charge is 0.265 e. The molecule has 2 aromatic heterocycles. The minimum Gasteiger partial charge on any atom is -0.497 e.